The minimum Gasteiger partial charge on any atom is -0.393 e. The maximum atomic E-state index is 10.3. The summed E-state index contributed by atoms with van der Waals surface area (Å²) in [5, 5.41) is 45.7. The van der Waals surface area contributed by atoms with E-state index < -0.39 is 0 Å². The van der Waals surface area contributed by atoms with Crippen LogP contribution in [0.1, 0.15) is 318 Å². The standard InChI is InChI=1S/C28H38N2O.2C28H36N2O.C28H34N2O/c4*1-17-29-16-19-14-18(4-9-26(19)30-17)23-7-8-24-22-6-5-20-15-21(31)10-12-27(20,2)25(22)11-13-28(23,24)3/h4,9,14,16,20-25,31H,5-8,10-13,15H2,1-3H3;4,7,9,14,16,20-22,24-25,31H,5-6,8,10-13,15H2,1-3H3;4-5,9,14,16,21-25,31H,6-8,10-13,15H2,1-3H3;4-5,7,9,14,16,21-22,24-25,31H,6,8,10-13,15H2,1-3H3/t20-,21-,22-,23+,24-,25-,27-,28+;20-,21-,22-,24-,25-,27-,28+;21-,22-,23+,24-,25-,27-,28+;21-,22-,24-,25-,27-,28+/m0000/s1. The molecule has 12 fully saturated rings. The second kappa shape index (κ2) is 31.4. The summed E-state index contributed by atoms with van der Waals surface area (Å²) in [7, 11) is 0. The predicted octanol–water partition coefficient (Wildman–Crippen LogP) is 25.4. The van der Waals surface area contributed by atoms with Crippen molar-refractivity contribution in [3.05, 3.63) is 179 Å². The van der Waals surface area contributed by atoms with E-state index in [4.69, 9.17) is 0 Å². The van der Waals surface area contributed by atoms with Crippen molar-refractivity contribution in [3.8, 4) is 0 Å². The quantitative estimate of drug-likeness (QED) is 0.123. The number of aliphatic hydroxyl groups is 4. The molecule has 4 aromatic carbocycles. The van der Waals surface area contributed by atoms with Crippen LogP contribution >= 0.6 is 0 Å². The van der Waals surface area contributed by atoms with Gasteiger partial charge in [0.1, 0.15) is 23.3 Å². The summed E-state index contributed by atoms with van der Waals surface area (Å²) in [6, 6.07) is 27.5. The number of aryl methyl sites for hydroxylation is 4. The molecule has 4 aromatic heterocycles. The first-order valence-corrected chi connectivity index (χ1v) is 50.0. The van der Waals surface area contributed by atoms with Gasteiger partial charge in [0.05, 0.1) is 46.5 Å². The minimum atomic E-state index is -0.120. The van der Waals surface area contributed by atoms with Gasteiger partial charge in [-0.3, -0.25) is 0 Å². The van der Waals surface area contributed by atoms with Gasteiger partial charge in [-0.1, -0.05) is 115 Å². The van der Waals surface area contributed by atoms with E-state index in [1.165, 1.54) is 181 Å². The molecule has 0 radical (unpaired) electrons. The first-order chi connectivity index (χ1) is 59.5. The van der Waals surface area contributed by atoms with Crippen LogP contribution in [-0.4, -0.2) is 84.7 Å². The highest BCUT2D eigenvalue weighted by atomic mass is 16.3. The van der Waals surface area contributed by atoms with E-state index >= 15 is 0 Å². The number of aromatic nitrogens is 8. The molecule has 0 amide bonds. The van der Waals surface area contributed by atoms with Gasteiger partial charge in [0.25, 0.3) is 0 Å². The third-order valence-electron chi connectivity index (χ3n) is 40.9. The zero-order valence-electron chi connectivity index (χ0n) is 77.1. The van der Waals surface area contributed by atoms with Gasteiger partial charge < -0.3 is 20.4 Å². The van der Waals surface area contributed by atoms with E-state index in [2.05, 4.69) is 192 Å². The van der Waals surface area contributed by atoms with E-state index in [1.54, 1.807) is 22.3 Å². The Morgan fingerprint density at radius 1 is 0.290 bits per heavy atom. The fourth-order valence-corrected chi connectivity index (χ4v) is 34.2. The molecule has 12 heteroatoms. The van der Waals surface area contributed by atoms with Gasteiger partial charge in [-0.25, -0.2) is 39.9 Å². The number of fused-ring (bicyclic) bond motifs is 24. The van der Waals surface area contributed by atoms with Crippen LogP contribution in [0.15, 0.2) is 133 Å². The van der Waals surface area contributed by atoms with Crippen molar-refractivity contribution in [2.75, 3.05) is 0 Å². The van der Waals surface area contributed by atoms with Gasteiger partial charge in [-0.2, -0.15) is 0 Å². The lowest BCUT2D eigenvalue weighted by Crippen LogP contribution is -2.53. The Kier molecular flexibility index (Phi) is 21.3. The molecule has 12 nitrogen and oxygen atoms in total. The van der Waals surface area contributed by atoms with Crippen LogP contribution in [0, 0.1) is 154 Å². The molecule has 12 saturated carbocycles. The van der Waals surface area contributed by atoms with Crippen molar-refractivity contribution in [1.82, 2.24) is 39.9 Å². The highest BCUT2D eigenvalue weighted by Crippen LogP contribution is 2.74. The fourth-order valence-electron chi connectivity index (χ4n) is 34.2. The number of nitrogens with zero attached hydrogens (tertiary/aromatic N) is 8. The normalized spacial score (nSPS) is 41.9. The highest BCUT2D eigenvalue weighted by Gasteiger charge is 2.64. The molecule has 0 spiro atoms. The van der Waals surface area contributed by atoms with E-state index in [-0.39, 0.29) is 35.2 Å². The summed E-state index contributed by atoms with van der Waals surface area (Å²) >= 11 is 0. The van der Waals surface area contributed by atoms with Crippen molar-refractivity contribution >= 4 is 54.8 Å². The molecule has 28 atom stereocenters. The summed E-state index contributed by atoms with van der Waals surface area (Å²) in [6.07, 6.45) is 57.0. The van der Waals surface area contributed by atoms with Crippen molar-refractivity contribution in [2.24, 2.45) is 126 Å². The van der Waals surface area contributed by atoms with Crippen molar-refractivity contribution in [3.63, 3.8) is 0 Å². The Bertz CT molecular complexity index is 5500. The molecule has 4 N–H and O–H groups in total. The fraction of sp³-hybridized carbons (Fsp3) is 0.643. The summed E-state index contributed by atoms with van der Waals surface area (Å²) in [5.74, 6) is 16.0. The summed E-state index contributed by atoms with van der Waals surface area (Å²) in [6.45, 7) is 28.4. The van der Waals surface area contributed by atoms with Crippen LogP contribution in [0.2, 0.25) is 0 Å². The lowest BCUT2D eigenvalue weighted by atomic mass is 9.44. The number of hydrogen-bond donors (Lipinski definition) is 4. The molecule has 4 heterocycles. The third-order valence-corrected chi connectivity index (χ3v) is 40.9. The van der Waals surface area contributed by atoms with Crippen LogP contribution in [0.25, 0.3) is 54.8 Å². The summed E-state index contributed by atoms with van der Waals surface area (Å²) in [4.78, 5) is 36.2. The van der Waals surface area contributed by atoms with E-state index in [1.807, 2.05) is 52.5 Å². The number of benzene rings is 4. The maximum absolute atomic E-state index is 10.3. The average molecular weight is 1670 g/mol. The van der Waals surface area contributed by atoms with Crippen LogP contribution in [0.5, 0.6) is 0 Å². The molecule has 24 rings (SSSR count). The number of rotatable bonds is 4. The van der Waals surface area contributed by atoms with Crippen LogP contribution < -0.4 is 0 Å². The largest absolute Gasteiger partial charge is 0.393 e. The Hall–Kier alpha value is -6.96. The predicted molar refractivity (Wildman–Crippen MR) is 500 cm³/mol. The van der Waals surface area contributed by atoms with Crippen LogP contribution in [0.3, 0.4) is 0 Å². The van der Waals surface area contributed by atoms with Crippen molar-refractivity contribution < 1.29 is 20.4 Å². The molecule has 656 valence electrons. The average Bonchev–Trinajstić information content (AvgIpc) is 1.46. The van der Waals surface area contributed by atoms with E-state index in [0.717, 1.165) is 197 Å². The second-order valence-electron chi connectivity index (χ2n) is 46.3. The number of allylic oxidation sites excluding steroid dienone is 6. The number of aliphatic hydroxyl groups excluding tert-OH is 4. The molecular formula is C112H144N8O4. The monoisotopic (exact) mass is 1670 g/mol. The molecule has 16 aliphatic carbocycles. The van der Waals surface area contributed by atoms with Gasteiger partial charge in [-0.05, 0) is 453 Å². The topological polar surface area (TPSA) is 184 Å². The van der Waals surface area contributed by atoms with Crippen LogP contribution in [0.4, 0.5) is 0 Å². The zero-order chi connectivity index (χ0) is 85.5. The molecular weight excluding hydrogens is 1520 g/mol. The van der Waals surface area contributed by atoms with E-state index in [0.29, 0.717) is 44.3 Å². The van der Waals surface area contributed by atoms with Crippen LogP contribution in [-0.2, 0) is 0 Å². The summed E-state index contributed by atoms with van der Waals surface area (Å²) in [5.41, 5.74) is 19.2. The molecule has 0 aliphatic heterocycles. The Balaban J connectivity index is 0.000000101. The van der Waals surface area contributed by atoms with E-state index in [9.17, 15) is 20.4 Å². The van der Waals surface area contributed by atoms with Gasteiger partial charge >= 0.3 is 0 Å². The SMILES string of the molecule is Cc1ncc2cc(C3=CC[C@H]4[C@@H]5CC=C6C[C@@H](O)CC[C@]6(C)[C@H]5CC[C@]34C)ccc2n1.Cc1ncc2cc(C3=CC[C@H]4[C@@H]5CC[C@H]6C[C@@H](O)CC[C@]6(C)[C@H]5CC[C@]34C)ccc2n1.Cc1ncc2cc([C@H]3CC[C@H]4[C@@H]5CC=C6C[C@@H](O)CC[C@]6(C)[C@H]5CC[C@]34C)ccc2n1.Cc1ncc2cc([C@H]3CC[C@H]4[C@@H]5CC[C@H]6C[C@@H](O)CC[C@]6(C)[C@H]5CC[C@]34C)ccc2n1. The molecule has 16 aliphatic rings. The molecule has 8 aromatic rings. The minimum absolute atomic E-state index is 0.0417. The molecule has 124 heavy (non-hydrogen) atoms. The molecule has 0 unspecified atom stereocenters. The van der Waals surface area contributed by atoms with Crippen molar-refractivity contribution in [2.45, 2.75) is 325 Å². The lowest BCUT2D eigenvalue weighted by molar-refractivity contribution is -0.122. The first kappa shape index (κ1) is 83.9. The second-order valence-corrected chi connectivity index (χ2v) is 46.3. The molecule has 0 saturated heterocycles. The van der Waals surface area contributed by atoms with Gasteiger partial charge in [0.15, 0.2) is 0 Å². The van der Waals surface area contributed by atoms with Gasteiger partial charge in [0, 0.05) is 46.3 Å². The maximum Gasteiger partial charge on any atom is 0.125 e. The summed E-state index contributed by atoms with van der Waals surface area (Å²) < 4.78 is 0. The Morgan fingerprint density at radius 3 is 1.07 bits per heavy atom. The zero-order valence-corrected chi connectivity index (χ0v) is 77.1. The lowest BCUT2D eigenvalue weighted by Gasteiger charge is -2.61. The third kappa shape index (κ3) is 13.8. The Labute approximate surface area is 740 Å². The highest BCUT2D eigenvalue weighted by molar-refractivity contribution is 5.86. The van der Waals surface area contributed by atoms with Gasteiger partial charge in [-0.15, -0.1) is 0 Å². The smallest absolute Gasteiger partial charge is 0.125 e. The first-order valence-electron chi connectivity index (χ1n) is 50.0. The van der Waals surface area contributed by atoms with Crippen molar-refractivity contribution in [1.29, 1.82) is 0 Å². The Morgan fingerprint density at radius 2 is 0.629 bits per heavy atom. The number of hydrogen-bond acceptors (Lipinski definition) is 12. The molecule has 0 bridgehead atoms. The van der Waals surface area contributed by atoms with Gasteiger partial charge in [0.2, 0.25) is 0 Å².